The minimum atomic E-state index is -4.44. The summed E-state index contributed by atoms with van der Waals surface area (Å²) in [5.74, 6) is -0.385. The third kappa shape index (κ3) is 5.18. The van der Waals surface area contributed by atoms with Crippen molar-refractivity contribution in [2.45, 2.75) is 11.1 Å². The monoisotopic (exact) mass is 304 g/mol. The first-order valence-electron chi connectivity index (χ1n) is 4.41. The summed E-state index contributed by atoms with van der Waals surface area (Å²) in [7, 11) is 1.29. The quantitative estimate of drug-likeness (QED) is 0.632. The van der Waals surface area contributed by atoms with Gasteiger partial charge in [0.15, 0.2) is 0 Å². The van der Waals surface area contributed by atoms with Crippen molar-refractivity contribution in [3.63, 3.8) is 0 Å². The molecule has 0 amide bonds. The van der Waals surface area contributed by atoms with E-state index in [9.17, 15) is 21.6 Å². The van der Waals surface area contributed by atoms with E-state index >= 15 is 0 Å². The van der Waals surface area contributed by atoms with E-state index in [0.29, 0.717) is 0 Å². The molecule has 0 aromatic heterocycles. The fraction of sp³-hybridized carbons (Fsp3) is 0.333. The van der Waals surface area contributed by atoms with E-state index in [2.05, 4.69) is 0 Å². The van der Waals surface area contributed by atoms with Gasteiger partial charge in [-0.25, -0.2) is 8.42 Å². The molecule has 0 fully saturated rings. The van der Waals surface area contributed by atoms with Gasteiger partial charge < -0.3 is 0 Å². The molecule has 0 bridgehead atoms. The Kier molecular flexibility index (Phi) is 4.74. The number of hydrogen-bond donors (Lipinski definition) is 0. The molecule has 0 spiro atoms. The second-order valence-corrected chi connectivity index (χ2v) is 7.12. The molecule has 0 N–H and O–H groups in total. The van der Waals surface area contributed by atoms with Crippen LogP contribution in [0.1, 0.15) is 5.56 Å². The van der Waals surface area contributed by atoms with Crippen LogP contribution in [0.15, 0.2) is 29.2 Å². The lowest BCUT2D eigenvalue weighted by Gasteiger charge is -2.11. The zero-order chi connectivity index (χ0) is 13.1. The Morgan fingerprint density at radius 2 is 1.82 bits per heavy atom. The molecule has 0 heterocycles. The number of alkyl halides is 3. The van der Waals surface area contributed by atoms with Crippen molar-refractivity contribution in [1.82, 2.24) is 0 Å². The molecular formula is C9H8ClF3O2S2. The summed E-state index contributed by atoms with van der Waals surface area (Å²) in [6.45, 7) is 0. The largest absolute Gasteiger partial charge is 0.417 e. The topological polar surface area (TPSA) is 34.1 Å². The van der Waals surface area contributed by atoms with Crippen LogP contribution >= 0.6 is 22.4 Å². The third-order valence-electron chi connectivity index (χ3n) is 1.78. The Balaban J connectivity index is 2.78. The highest BCUT2D eigenvalue weighted by Gasteiger charge is 2.33. The normalized spacial score (nSPS) is 12.7. The highest BCUT2D eigenvalue weighted by molar-refractivity contribution is 8.14. The van der Waals surface area contributed by atoms with Crippen LogP contribution < -0.4 is 0 Å². The van der Waals surface area contributed by atoms with Crippen molar-refractivity contribution in [3.05, 3.63) is 29.8 Å². The molecule has 1 aromatic rings. The predicted molar refractivity (Wildman–Crippen MR) is 61.8 cm³/mol. The zero-order valence-corrected chi connectivity index (χ0v) is 10.8. The van der Waals surface area contributed by atoms with Gasteiger partial charge in [-0.3, -0.25) is 0 Å². The summed E-state index contributed by atoms with van der Waals surface area (Å²) in [4.78, 5) is 0.000293. The standard InChI is InChI=1S/C9H8ClF3O2S2/c10-17(14,15)6-5-16-8-4-2-1-3-7(8)9(11,12)13/h1-4H,5-6H2. The van der Waals surface area contributed by atoms with Gasteiger partial charge in [-0.15, -0.1) is 11.8 Å². The molecule has 0 radical (unpaired) electrons. The smallest absolute Gasteiger partial charge is 0.212 e. The van der Waals surface area contributed by atoms with E-state index in [1.165, 1.54) is 18.2 Å². The van der Waals surface area contributed by atoms with Crippen molar-refractivity contribution in [3.8, 4) is 0 Å². The molecule has 1 rings (SSSR count). The molecule has 0 unspecified atom stereocenters. The molecule has 0 saturated heterocycles. The minimum absolute atomic E-state index is 0.000293. The van der Waals surface area contributed by atoms with E-state index < -0.39 is 20.8 Å². The highest BCUT2D eigenvalue weighted by atomic mass is 35.7. The van der Waals surface area contributed by atoms with Gasteiger partial charge in [0, 0.05) is 21.3 Å². The van der Waals surface area contributed by atoms with Crippen molar-refractivity contribution >= 4 is 31.5 Å². The number of halogens is 4. The predicted octanol–water partition coefficient (Wildman–Crippen LogP) is 3.37. The zero-order valence-electron chi connectivity index (χ0n) is 8.37. The van der Waals surface area contributed by atoms with Crippen LogP contribution in [0.5, 0.6) is 0 Å². The van der Waals surface area contributed by atoms with E-state index in [0.717, 1.165) is 17.8 Å². The lowest BCUT2D eigenvalue weighted by atomic mass is 10.2. The van der Waals surface area contributed by atoms with Crippen LogP contribution in [-0.4, -0.2) is 19.9 Å². The van der Waals surface area contributed by atoms with Crippen molar-refractivity contribution in [2.24, 2.45) is 0 Å². The van der Waals surface area contributed by atoms with E-state index in [4.69, 9.17) is 10.7 Å². The first-order valence-corrected chi connectivity index (χ1v) is 7.88. The summed E-state index contributed by atoms with van der Waals surface area (Å²) in [6, 6.07) is 5.00. The summed E-state index contributed by atoms with van der Waals surface area (Å²) in [5, 5.41) is 0. The Labute approximate surface area is 106 Å². The molecule has 96 valence electrons. The maximum absolute atomic E-state index is 12.6. The average Bonchev–Trinajstić information content (AvgIpc) is 2.15. The van der Waals surface area contributed by atoms with Crippen molar-refractivity contribution in [1.29, 1.82) is 0 Å². The van der Waals surface area contributed by atoms with Crippen LogP contribution in [-0.2, 0) is 15.2 Å². The van der Waals surface area contributed by atoms with Crippen molar-refractivity contribution in [2.75, 3.05) is 11.5 Å². The van der Waals surface area contributed by atoms with E-state index in [1.807, 2.05) is 0 Å². The van der Waals surface area contributed by atoms with Crippen molar-refractivity contribution < 1.29 is 21.6 Å². The van der Waals surface area contributed by atoms with Gasteiger partial charge in [0.2, 0.25) is 9.05 Å². The molecule has 0 atom stereocenters. The molecule has 1 aromatic carbocycles. The second-order valence-electron chi connectivity index (χ2n) is 3.09. The summed E-state index contributed by atoms with van der Waals surface area (Å²) < 4.78 is 58.9. The van der Waals surface area contributed by atoms with E-state index in [1.54, 1.807) is 0 Å². The van der Waals surface area contributed by atoms with Crippen LogP contribution in [0.4, 0.5) is 13.2 Å². The van der Waals surface area contributed by atoms with Gasteiger partial charge in [-0.05, 0) is 12.1 Å². The minimum Gasteiger partial charge on any atom is -0.212 e. The maximum Gasteiger partial charge on any atom is 0.417 e. The molecule has 2 nitrogen and oxygen atoms in total. The Morgan fingerprint density at radius 3 is 2.35 bits per heavy atom. The SMILES string of the molecule is O=S(=O)(Cl)CCSc1ccccc1C(F)(F)F. The summed E-state index contributed by atoms with van der Waals surface area (Å²) >= 11 is 0.817. The maximum atomic E-state index is 12.6. The molecule has 0 aliphatic heterocycles. The number of hydrogen-bond acceptors (Lipinski definition) is 3. The lowest BCUT2D eigenvalue weighted by molar-refractivity contribution is -0.139. The van der Waals surface area contributed by atoms with Crippen LogP contribution in [0.25, 0.3) is 0 Å². The van der Waals surface area contributed by atoms with Crippen LogP contribution in [0, 0.1) is 0 Å². The van der Waals surface area contributed by atoms with Gasteiger partial charge in [0.25, 0.3) is 0 Å². The molecule has 0 aliphatic rings. The fourth-order valence-corrected chi connectivity index (χ4v) is 3.51. The Bertz CT molecular complexity index is 485. The highest BCUT2D eigenvalue weighted by Crippen LogP contribution is 2.36. The first kappa shape index (κ1) is 14.7. The van der Waals surface area contributed by atoms with Gasteiger partial charge in [-0.1, -0.05) is 12.1 Å². The second kappa shape index (κ2) is 5.49. The Hall–Kier alpha value is -0.400. The third-order valence-corrected chi connectivity index (χ3v) is 4.27. The van der Waals surface area contributed by atoms with Gasteiger partial charge in [0.1, 0.15) is 0 Å². The summed E-state index contributed by atoms with van der Waals surface area (Å²) in [6.07, 6.45) is -4.44. The Morgan fingerprint density at radius 1 is 1.24 bits per heavy atom. The molecule has 17 heavy (non-hydrogen) atoms. The molecule has 0 saturated carbocycles. The average molecular weight is 305 g/mol. The van der Waals surface area contributed by atoms with Crippen LogP contribution in [0.2, 0.25) is 0 Å². The van der Waals surface area contributed by atoms with Gasteiger partial charge >= 0.3 is 6.18 Å². The van der Waals surface area contributed by atoms with E-state index in [-0.39, 0.29) is 16.4 Å². The van der Waals surface area contributed by atoms with Gasteiger partial charge in [-0.2, -0.15) is 13.2 Å². The number of rotatable bonds is 4. The van der Waals surface area contributed by atoms with Crippen LogP contribution in [0.3, 0.4) is 0 Å². The molecular weight excluding hydrogens is 297 g/mol. The lowest BCUT2D eigenvalue weighted by Crippen LogP contribution is -2.07. The summed E-state index contributed by atoms with van der Waals surface area (Å²) in [5.41, 5.74) is -0.767. The molecule has 8 heteroatoms. The number of thioether (sulfide) groups is 1. The first-order chi connectivity index (χ1) is 7.70. The molecule has 0 aliphatic carbocycles. The fourth-order valence-electron chi connectivity index (χ4n) is 1.08. The number of benzene rings is 1. The van der Waals surface area contributed by atoms with Gasteiger partial charge in [0.05, 0.1) is 11.3 Å².